The van der Waals surface area contributed by atoms with E-state index in [2.05, 4.69) is 66.9 Å². The van der Waals surface area contributed by atoms with Crippen molar-refractivity contribution < 1.29 is 70.5 Å². The molecule has 10 aromatic heterocycles. The van der Waals surface area contributed by atoms with Crippen molar-refractivity contribution in [1.82, 2.24) is 0 Å². The quantitative estimate of drug-likeness (QED) is 0.157. The van der Waals surface area contributed by atoms with E-state index >= 15 is 0 Å². The van der Waals surface area contributed by atoms with Gasteiger partial charge in [-0.2, -0.15) is 13.2 Å². The molecule has 0 aromatic carbocycles. The minimum absolute atomic E-state index is 0.0116. The van der Waals surface area contributed by atoms with Crippen molar-refractivity contribution in [3.8, 4) is 0 Å². The Balaban J connectivity index is 0.000000473. The summed E-state index contributed by atoms with van der Waals surface area (Å²) in [5.41, 5.74) is 8.26. The van der Waals surface area contributed by atoms with E-state index in [0.29, 0.717) is 58.5 Å². The summed E-state index contributed by atoms with van der Waals surface area (Å²) in [6.45, 7) is 48.6. The van der Waals surface area contributed by atoms with Crippen molar-refractivity contribution >= 4 is 0 Å². The second kappa shape index (κ2) is 36.9. The zero-order valence-corrected chi connectivity index (χ0v) is 54.7. The Morgan fingerprint density at radius 3 is 0.718 bits per heavy atom. The molecule has 0 saturated carbocycles. The van der Waals surface area contributed by atoms with Gasteiger partial charge in [0.2, 0.25) is 0 Å². The first kappa shape index (κ1) is 75.4. The summed E-state index contributed by atoms with van der Waals surface area (Å²) in [4.78, 5) is 0. The van der Waals surface area contributed by atoms with Gasteiger partial charge in [0, 0.05) is 24.3 Å². The molecule has 10 heterocycles. The van der Waals surface area contributed by atoms with Crippen LogP contribution < -0.4 is 0 Å². The van der Waals surface area contributed by atoms with Crippen molar-refractivity contribution in [1.29, 1.82) is 0 Å². The molecule has 85 heavy (non-hydrogen) atoms. The highest BCUT2D eigenvalue weighted by Gasteiger charge is 2.11. The number of aryl methyl sites for hydroxylation is 17. The van der Waals surface area contributed by atoms with Gasteiger partial charge in [-0.3, -0.25) is 0 Å². The van der Waals surface area contributed by atoms with E-state index in [9.17, 15) is 26.3 Å². The molecular weight excluding hydrogens is 1100 g/mol. The molecule has 0 atom stereocenters. The second-order valence-corrected chi connectivity index (χ2v) is 21.4. The highest BCUT2D eigenvalue weighted by Crippen LogP contribution is 2.24. The molecule has 0 aliphatic carbocycles. The van der Waals surface area contributed by atoms with E-state index in [0.717, 1.165) is 57.2 Å². The van der Waals surface area contributed by atoms with E-state index < -0.39 is 23.9 Å². The molecule has 0 spiro atoms. The van der Waals surface area contributed by atoms with E-state index in [1.807, 2.05) is 108 Å². The van der Waals surface area contributed by atoms with Crippen molar-refractivity contribution in [2.24, 2.45) is 0 Å². The Morgan fingerprint density at radius 2 is 0.576 bits per heavy atom. The molecule has 0 N–H and O–H groups in total. The van der Waals surface area contributed by atoms with Crippen LogP contribution in [0.15, 0.2) is 124 Å². The van der Waals surface area contributed by atoms with Crippen LogP contribution in [0.2, 0.25) is 0 Å². The number of hydrogen-bond donors (Lipinski definition) is 0. The van der Waals surface area contributed by atoms with Crippen molar-refractivity contribution in [2.75, 3.05) is 0 Å². The van der Waals surface area contributed by atoms with Crippen LogP contribution in [0, 0.1) is 153 Å². The topological polar surface area (TPSA) is 131 Å². The zero-order valence-electron chi connectivity index (χ0n) is 54.7. The van der Waals surface area contributed by atoms with Gasteiger partial charge < -0.3 is 44.2 Å². The van der Waals surface area contributed by atoms with E-state index in [1.165, 1.54) is 65.3 Å². The smallest absolute Gasteiger partial charge is 0.280 e. The van der Waals surface area contributed by atoms with E-state index in [4.69, 9.17) is 30.9 Å². The normalized spacial score (nSPS) is 10.2. The van der Waals surface area contributed by atoms with Gasteiger partial charge in [-0.1, -0.05) is 55.4 Å². The maximum absolute atomic E-state index is 12.4. The minimum atomic E-state index is -0.875. The first-order chi connectivity index (χ1) is 39.4. The lowest BCUT2D eigenvalue weighted by atomic mass is 10.0. The molecule has 0 amide bonds. The maximum Gasteiger partial charge on any atom is 0.280 e. The van der Waals surface area contributed by atoms with Crippen LogP contribution in [0.25, 0.3) is 0 Å². The lowest BCUT2D eigenvalue weighted by Crippen LogP contribution is -1.84. The van der Waals surface area contributed by atoms with E-state index in [1.54, 1.807) is 47.1 Å². The number of hydrogen-bond acceptors (Lipinski definition) is 10. The third-order valence-electron chi connectivity index (χ3n) is 12.6. The lowest BCUT2D eigenvalue weighted by molar-refractivity contribution is 0.342. The molecule has 10 rings (SSSR count). The number of halogens is 6. The predicted molar refractivity (Wildman–Crippen MR) is 324 cm³/mol. The largest absolute Gasteiger partial charge is 0.469 e. The monoisotopic (exact) mass is 1190 g/mol. The first-order valence-corrected chi connectivity index (χ1v) is 28.0. The highest BCUT2D eigenvalue weighted by molar-refractivity contribution is 5.25. The van der Waals surface area contributed by atoms with Gasteiger partial charge in [0.15, 0.2) is 17.5 Å². The molecule has 0 unspecified atom stereocenters. The molecule has 10 aromatic rings. The molecule has 0 aliphatic heterocycles. The fourth-order valence-corrected chi connectivity index (χ4v) is 7.60. The molecule has 10 nitrogen and oxygen atoms in total. The van der Waals surface area contributed by atoms with Crippen LogP contribution in [0.1, 0.15) is 199 Å². The Hall–Kier alpha value is -7.62. The Bertz CT molecular complexity index is 2970. The van der Waals surface area contributed by atoms with Gasteiger partial charge in [-0.15, -0.1) is 0 Å². The van der Waals surface area contributed by atoms with Crippen molar-refractivity contribution in [3.63, 3.8) is 0 Å². The summed E-state index contributed by atoms with van der Waals surface area (Å²) < 4.78 is 121. The van der Waals surface area contributed by atoms with Crippen LogP contribution in [-0.2, 0) is 0 Å². The fourth-order valence-electron chi connectivity index (χ4n) is 7.60. The van der Waals surface area contributed by atoms with Gasteiger partial charge in [0.1, 0.15) is 80.6 Å². The summed E-state index contributed by atoms with van der Waals surface area (Å²) in [5, 5.41) is 0. The van der Waals surface area contributed by atoms with Gasteiger partial charge in [0.25, 0.3) is 18.0 Å². The average molecular weight is 1200 g/mol. The summed E-state index contributed by atoms with van der Waals surface area (Å²) in [6.07, 6.45) is 4.76. The summed E-state index contributed by atoms with van der Waals surface area (Å²) in [5.74, 6) is 11.8. The molecule has 470 valence electrons. The fraction of sp³-hybridized carbons (Fsp3) is 0.420. The third kappa shape index (κ3) is 28.2. The average Bonchev–Trinajstić information content (AvgIpc) is 4.35. The summed E-state index contributed by atoms with van der Waals surface area (Å²) in [6, 6.07) is 14.6. The number of rotatable bonds is 4. The van der Waals surface area contributed by atoms with Gasteiger partial charge in [0.05, 0.1) is 24.9 Å². The second-order valence-electron chi connectivity index (χ2n) is 21.4. The molecule has 0 fully saturated rings. The van der Waals surface area contributed by atoms with Gasteiger partial charge in [-0.05, 0) is 211 Å². The highest BCUT2D eigenvalue weighted by atomic mass is 19.2. The van der Waals surface area contributed by atoms with Gasteiger partial charge in [-0.25, -0.2) is 13.2 Å². The molecule has 0 saturated heterocycles. The minimum Gasteiger partial charge on any atom is -0.469 e. The standard InChI is InChI=1S/2C9H14O.C8H11FO.C8H12O.C7H10O.2C6H7FO.C6H8O.C5H4F2O.C5H5FO/c2*1-6(2)9-5-7(3)10-8(9)4;1-5(2)7-4-8(9)10-6(7)3;1-6(2)8-4-5-9-7(8)3;1-5-4-6(2)8-7(5)3;1-4-3-6(7)5(2)8-4;1-4-3-6(7)8-5(4)2;1-5-3-4-7-6(5)2;1-3-4(6)2-5(7)8-3;1-4-5(6)2-3-7-4/h2*5-6H,1-4H3;4-5H,1-3H3;4-6H,1-3H3;4H,1-3H3;2*3H,1-2H3;3-4H,1-2H3;2H,1H3;2-3H,1H3. The molecular formula is C69H92F6O10. The summed E-state index contributed by atoms with van der Waals surface area (Å²) >= 11 is 0. The molecule has 0 bridgehead atoms. The molecule has 0 radical (unpaired) electrons. The van der Waals surface area contributed by atoms with Crippen LogP contribution in [0.4, 0.5) is 26.3 Å². The van der Waals surface area contributed by atoms with Crippen LogP contribution in [-0.4, -0.2) is 0 Å². The Kier molecular flexibility index (Phi) is 32.8. The number of furan rings is 10. The van der Waals surface area contributed by atoms with Crippen LogP contribution in [0.3, 0.4) is 0 Å². The summed E-state index contributed by atoms with van der Waals surface area (Å²) in [7, 11) is 0. The SMILES string of the molecule is Cc1cc(C(C)C)c(C)o1.Cc1cc(C(C)C)c(C)o1.Cc1cc(C)c(C)o1.Cc1cc(F)c(C)o1.Cc1cc(F)oc1C.Cc1ccoc1C.Cc1oc(F)cc1C(C)C.Cc1oc(F)cc1F.Cc1occc1C(C)C.Cc1occc1F. The molecule has 16 heteroatoms. The molecule has 0 aliphatic rings. The van der Waals surface area contributed by atoms with Crippen molar-refractivity contribution in [2.45, 2.75) is 197 Å². The Morgan fingerprint density at radius 1 is 0.247 bits per heavy atom. The predicted octanol–water partition coefficient (Wildman–Crippen LogP) is 23.4. The van der Waals surface area contributed by atoms with Crippen molar-refractivity contribution in [3.05, 3.63) is 235 Å². The zero-order chi connectivity index (χ0) is 65.2. The third-order valence-corrected chi connectivity index (χ3v) is 12.6. The van der Waals surface area contributed by atoms with Gasteiger partial charge >= 0.3 is 0 Å². The Labute approximate surface area is 500 Å². The lowest BCUT2D eigenvalue weighted by Gasteiger charge is -1.99. The van der Waals surface area contributed by atoms with E-state index in [-0.39, 0.29) is 17.4 Å². The van der Waals surface area contributed by atoms with Crippen LogP contribution in [0.5, 0.6) is 0 Å². The first-order valence-electron chi connectivity index (χ1n) is 28.0. The maximum atomic E-state index is 12.4. The van der Waals surface area contributed by atoms with Crippen LogP contribution >= 0.6 is 0 Å².